The fraction of sp³-hybridized carbons (Fsp3) is 0.407. The van der Waals surface area contributed by atoms with Crippen LogP contribution in [0.4, 0.5) is 9.18 Å². The van der Waals surface area contributed by atoms with E-state index in [1.807, 2.05) is 0 Å². The van der Waals surface area contributed by atoms with Crippen LogP contribution < -0.4 is 5.56 Å². The van der Waals surface area contributed by atoms with Crippen LogP contribution in [0.5, 0.6) is 0 Å². The lowest BCUT2D eigenvalue weighted by Gasteiger charge is -2.38. The molecule has 0 unspecified atom stereocenters. The van der Waals surface area contributed by atoms with E-state index in [2.05, 4.69) is 10.1 Å². The van der Waals surface area contributed by atoms with Crippen molar-refractivity contribution in [3.63, 3.8) is 0 Å². The van der Waals surface area contributed by atoms with E-state index < -0.39 is 23.1 Å². The first-order valence-corrected chi connectivity index (χ1v) is 13.0. The van der Waals surface area contributed by atoms with E-state index in [0.29, 0.717) is 35.7 Å². The van der Waals surface area contributed by atoms with Gasteiger partial charge in [-0.05, 0) is 63.9 Å². The van der Waals surface area contributed by atoms with Gasteiger partial charge in [0.1, 0.15) is 22.9 Å². The molecule has 0 radical (unpaired) electrons. The molecule has 3 aromatic heterocycles. The van der Waals surface area contributed by atoms with Gasteiger partial charge < -0.3 is 14.7 Å². The highest BCUT2D eigenvalue weighted by Gasteiger charge is 2.36. The molecule has 1 amide bonds. The maximum absolute atomic E-state index is 14.7. The molecule has 0 saturated carbocycles. The van der Waals surface area contributed by atoms with E-state index in [-0.39, 0.29) is 35.5 Å². The fourth-order valence-corrected chi connectivity index (χ4v) is 5.12. The zero-order chi connectivity index (χ0) is 28.1. The smallest absolute Gasteiger partial charge is 0.410 e. The number of aromatic nitrogens is 5. The molecular weight excluding hydrogens is 527 g/mol. The molecule has 4 heterocycles. The summed E-state index contributed by atoms with van der Waals surface area (Å²) in [5, 5.41) is 15.8. The Morgan fingerprint density at radius 2 is 1.92 bits per heavy atom. The van der Waals surface area contributed by atoms with Gasteiger partial charge in [0.05, 0.1) is 23.2 Å². The van der Waals surface area contributed by atoms with Crippen LogP contribution in [-0.2, 0) is 18.3 Å². The van der Waals surface area contributed by atoms with Crippen molar-refractivity contribution in [3.05, 3.63) is 64.2 Å². The number of hydrogen-bond donors (Lipinski definition) is 1. The van der Waals surface area contributed by atoms with E-state index in [0.717, 1.165) is 0 Å². The summed E-state index contributed by atoms with van der Waals surface area (Å²) in [6.07, 6.45) is 3.10. The Morgan fingerprint density at radius 1 is 1.21 bits per heavy atom. The van der Waals surface area contributed by atoms with Crippen LogP contribution in [-0.4, -0.2) is 64.3 Å². The van der Waals surface area contributed by atoms with Crippen molar-refractivity contribution in [1.29, 1.82) is 0 Å². The van der Waals surface area contributed by atoms with E-state index >= 15 is 0 Å². The first-order chi connectivity index (χ1) is 18.3. The summed E-state index contributed by atoms with van der Waals surface area (Å²) in [6, 6.07) is 7.75. The average Bonchev–Trinajstić information content (AvgIpc) is 3.43. The second-order valence-electron chi connectivity index (χ2n) is 10.9. The molecule has 10 nitrogen and oxygen atoms in total. The first-order valence-electron chi connectivity index (χ1n) is 12.6. The summed E-state index contributed by atoms with van der Waals surface area (Å²) >= 11 is 6.55. The lowest BCUT2D eigenvalue weighted by Crippen LogP contribution is -2.50. The number of carbonyl (C=O) groups excluding carboxylic acids is 1. The van der Waals surface area contributed by atoms with Crippen LogP contribution >= 0.6 is 11.6 Å². The number of halogens is 2. The molecule has 0 spiro atoms. The van der Waals surface area contributed by atoms with E-state index in [1.165, 1.54) is 23.0 Å². The number of likely N-dealkylation sites (tertiary alicyclic amines) is 1. The number of rotatable bonds is 4. The predicted octanol–water partition coefficient (Wildman–Crippen LogP) is 4.14. The summed E-state index contributed by atoms with van der Waals surface area (Å²) in [5.41, 5.74) is -0.398. The third kappa shape index (κ3) is 5.28. The van der Waals surface area contributed by atoms with Crippen LogP contribution in [0.25, 0.3) is 28.0 Å². The third-order valence-corrected chi connectivity index (χ3v) is 7.13. The van der Waals surface area contributed by atoms with Crippen LogP contribution in [0.2, 0.25) is 5.15 Å². The maximum Gasteiger partial charge on any atom is 0.410 e. The Kier molecular flexibility index (Phi) is 6.76. The molecule has 0 atom stereocenters. The Morgan fingerprint density at radius 3 is 2.56 bits per heavy atom. The molecule has 0 aliphatic carbocycles. The SMILES string of the molecule is Cn1nccc1-c1cc(-n2c(Cl)cc3c(=O)n(CC4(O)CCN(C(=O)OC(C)(C)C)CC4)cnc32)ccc1F. The van der Waals surface area contributed by atoms with E-state index in [9.17, 15) is 19.1 Å². The number of hydrogen-bond acceptors (Lipinski definition) is 6. The topological polar surface area (TPSA) is 107 Å². The van der Waals surface area contributed by atoms with Crippen LogP contribution in [0, 0.1) is 5.82 Å². The zero-order valence-electron chi connectivity index (χ0n) is 22.2. The Hall–Kier alpha value is -3.70. The highest BCUT2D eigenvalue weighted by Crippen LogP contribution is 2.30. The molecule has 1 aliphatic rings. The van der Waals surface area contributed by atoms with Gasteiger partial charge in [-0.25, -0.2) is 14.2 Å². The third-order valence-electron chi connectivity index (χ3n) is 6.86. The van der Waals surface area contributed by atoms with E-state index in [1.54, 1.807) is 66.4 Å². The van der Waals surface area contributed by atoms with Crippen molar-refractivity contribution in [1.82, 2.24) is 28.8 Å². The largest absolute Gasteiger partial charge is 0.444 e. The van der Waals surface area contributed by atoms with Crippen LogP contribution in [0.15, 0.2) is 47.7 Å². The van der Waals surface area contributed by atoms with Gasteiger partial charge in [0.25, 0.3) is 5.56 Å². The predicted molar refractivity (Wildman–Crippen MR) is 144 cm³/mol. The Bertz CT molecular complexity index is 1610. The number of piperidine rings is 1. The van der Waals surface area contributed by atoms with Gasteiger partial charge in [0.2, 0.25) is 0 Å². The number of nitrogens with zero attached hydrogens (tertiary/aromatic N) is 6. The molecule has 0 bridgehead atoms. The summed E-state index contributed by atoms with van der Waals surface area (Å²) in [5.74, 6) is -0.420. The number of amides is 1. The molecule has 206 valence electrons. The van der Waals surface area contributed by atoms with Crippen molar-refractivity contribution in [3.8, 4) is 16.9 Å². The number of aryl methyl sites for hydroxylation is 1. The second-order valence-corrected chi connectivity index (χ2v) is 11.3. The van der Waals surface area contributed by atoms with Gasteiger partial charge in [-0.15, -0.1) is 0 Å². The van der Waals surface area contributed by atoms with Crippen molar-refractivity contribution >= 4 is 28.7 Å². The van der Waals surface area contributed by atoms with Gasteiger partial charge in [0.15, 0.2) is 5.65 Å². The fourth-order valence-electron chi connectivity index (χ4n) is 4.84. The number of carbonyl (C=O) groups is 1. The number of aliphatic hydroxyl groups is 1. The lowest BCUT2D eigenvalue weighted by molar-refractivity contribution is -0.0419. The minimum Gasteiger partial charge on any atom is -0.444 e. The molecule has 5 rings (SSSR count). The van der Waals surface area contributed by atoms with Crippen molar-refractivity contribution in [2.45, 2.75) is 51.4 Å². The molecule has 12 heteroatoms. The number of benzene rings is 1. The summed E-state index contributed by atoms with van der Waals surface area (Å²) in [7, 11) is 1.72. The van der Waals surface area contributed by atoms with Crippen molar-refractivity contribution in [2.75, 3.05) is 13.1 Å². The standard InChI is InChI=1S/C27H30ClFN6O4/c1-26(2,3)39-25(37)33-11-8-27(38,9-12-33)15-34-16-30-23-19(24(34)36)14-22(28)35(23)17-5-6-20(29)18(13-17)21-7-10-31-32(21)4/h5-7,10,13-14,16,38H,8-9,11-12,15H2,1-4H3. The highest BCUT2D eigenvalue weighted by atomic mass is 35.5. The number of fused-ring (bicyclic) bond motifs is 1. The highest BCUT2D eigenvalue weighted by molar-refractivity contribution is 6.31. The molecule has 4 aromatic rings. The van der Waals surface area contributed by atoms with Gasteiger partial charge in [-0.1, -0.05) is 11.6 Å². The molecule has 39 heavy (non-hydrogen) atoms. The second kappa shape index (κ2) is 9.80. The van der Waals surface area contributed by atoms with Crippen LogP contribution in [0.1, 0.15) is 33.6 Å². The molecule has 1 saturated heterocycles. The lowest BCUT2D eigenvalue weighted by atomic mass is 9.91. The molecule has 1 aromatic carbocycles. The summed E-state index contributed by atoms with van der Waals surface area (Å²) in [6.45, 7) is 6.03. The van der Waals surface area contributed by atoms with Gasteiger partial charge >= 0.3 is 6.09 Å². The van der Waals surface area contributed by atoms with E-state index in [4.69, 9.17) is 16.3 Å². The Labute approximate surface area is 229 Å². The quantitative estimate of drug-likeness (QED) is 0.405. The average molecular weight is 557 g/mol. The van der Waals surface area contributed by atoms with Crippen molar-refractivity contribution in [2.24, 2.45) is 7.05 Å². The van der Waals surface area contributed by atoms with Gasteiger partial charge in [0, 0.05) is 37.6 Å². The molecular formula is C27H30ClFN6O4. The number of ether oxygens (including phenoxy) is 1. The Balaban J connectivity index is 1.41. The monoisotopic (exact) mass is 556 g/mol. The summed E-state index contributed by atoms with van der Waals surface area (Å²) < 4.78 is 24.6. The maximum atomic E-state index is 14.7. The molecule has 1 N–H and O–H groups in total. The van der Waals surface area contributed by atoms with Crippen LogP contribution in [0.3, 0.4) is 0 Å². The van der Waals surface area contributed by atoms with Gasteiger partial charge in [-0.2, -0.15) is 5.10 Å². The molecule has 1 fully saturated rings. The first kappa shape index (κ1) is 26.9. The normalized spacial score (nSPS) is 15.6. The minimum absolute atomic E-state index is 0.0148. The summed E-state index contributed by atoms with van der Waals surface area (Å²) in [4.78, 5) is 31.8. The minimum atomic E-state index is -1.20. The zero-order valence-corrected chi connectivity index (χ0v) is 22.9. The van der Waals surface area contributed by atoms with Gasteiger partial charge in [-0.3, -0.25) is 18.6 Å². The van der Waals surface area contributed by atoms with Crippen molar-refractivity contribution < 1.29 is 19.0 Å². The molecule has 1 aliphatic heterocycles.